The first kappa shape index (κ1) is 10.8. The fraction of sp³-hybridized carbons (Fsp3) is 0.625. The number of carbonyl (C=O) groups is 3. The summed E-state index contributed by atoms with van der Waals surface area (Å²) in [7, 11) is 0. The minimum Gasteiger partial charge on any atom is -0.457 e. The lowest BCUT2D eigenvalue weighted by Gasteiger charge is -1.98. The van der Waals surface area contributed by atoms with Crippen molar-refractivity contribution in [1.82, 2.24) is 0 Å². The molecule has 0 radical (unpaired) electrons. The summed E-state index contributed by atoms with van der Waals surface area (Å²) in [6.45, 7) is 2.57. The summed E-state index contributed by atoms with van der Waals surface area (Å²) in [4.78, 5) is 31.9. The Balaban J connectivity index is 3.72. The SMILES string of the molecule is CCCC(=O)C(=O)COC(C)=O. The molecule has 0 heterocycles. The largest absolute Gasteiger partial charge is 0.457 e. The molecule has 0 aliphatic carbocycles. The highest BCUT2D eigenvalue weighted by molar-refractivity contribution is 6.37. The van der Waals surface area contributed by atoms with Gasteiger partial charge < -0.3 is 4.74 Å². The summed E-state index contributed by atoms with van der Waals surface area (Å²) in [5.41, 5.74) is 0. The van der Waals surface area contributed by atoms with Gasteiger partial charge in [-0.25, -0.2) is 0 Å². The fourth-order valence-corrected chi connectivity index (χ4v) is 0.614. The van der Waals surface area contributed by atoms with Gasteiger partial charge in [-0.1, -0.05) is 6.92 Å². The molecule has 0 fully saturated rings. The number of hydrogen-bond donors (Lipinski definition) is 0. The van der Waals surface area contributed by atoms with Crippen LogP contribution < -0.4 is 0 Å². The van der Waals surface area contributed by atoms with Crippen molar-refractivity contribution in [3.05, 3.63) is 0 Å². The van der Waals surface area contributed by atoms with E-state index in [1.807, 2.05) is 0 Å². The maximum atomic E-state index is 10.8. The third-order valence-corrected chi connectivity index (χ3v) is 1.19. The Kier molecular flexibility index (Phi) is 4.92. The predicted octanol–water partition coefficient (Wildman–Crippen LogP) is 0.488. The maximum Gasteiger partial charge on any atom is 0.303 e. The number of ether oxygens (including phenoxy) is 1. The number of hydrogen-bond acceptors (Lipinski definition) is 4. The van der Waals surface area contributed by atoms with Crippen molar-refractivity contribution in [2.45, 2.75) is 26.7 Å². The first-order chi connectivity index (χ1) is 5.57. The van der Waals surface area contributed by atoms with Gasteiger partial charge in [0.05, 0.1) is 0 Å². The van der Waals surface area contributed by atoms with Gasteiger partial charge in [-0.2, -0.15) is 0 Å². The van der Waals surface area contributed by atoms with Gasteiger partial charge in [-0.05, 0) is 6.42 Å². The van der Waals surface area contributed by atoms with Crippen molar-refractivity contribution in [2.75, 3.05) is 6.61 Å². The van der Waals surface area contributed by atoms with Gasteiger partial charge in [0.25, 0.3) is 0 Å². The van der Waals surface area contributed by atoms with Gasteiger partial charge in [0, 0.05) is 13.3 Å². The van der Waals surface area contributed by atoms with Gasteiger partial charge in [-0.3, -0.25) is 14.4 Å². The van der Waals surface area contributed by atoms with Crippen LogP contribution in [0.3, 0.4) is 0 Å². The minimum absolute atomic E-state index is 0.222. The molecule has 68 valence electrons. The van der Waals surface area contributed by atoms with Crippen LogP contribution in [0.15, 0.2) is 0 Å². The van der Waals surface area contributed by atoms with E-state index >= 15 is 0 Å². The molecule has 0 aromatic rings. The standard InChI is InChI=1S/C8H12O4/c1-3-4-7(10)8(11)5-12-6(2)9/h3-5H2,1-2H3. The van der Waals surface area contributed by atoms with Crippen LogP contribution in [0.4, 0.5) is 0 Å². The topological polar surface area (TPSA) is 60.4 Å². The van der Waals surface area contributed by atoms with Crippen molar-refractivity contribution in [3.8, 4) is 0 Å². The Hall–Kier alpha value is -1.19. The minimum atomic E-state index is -0.632. The molecule has 0 saturated carbocycles. The summed E-state index contributed by atoms with van der Waals surface area (Å²) >= 11 is 0. The molecule has 0 aliphatic rings. The highest BCUT2D eigenvalue weighted by Crippen LogP contribution is 1.91. The highest BCUT2D eigenvalue weighted by Gasteiger charge is 2.13. The molecule has 0 bridgehead atoms. The van der Waals surface area contributed by atoms with Crippen molar-refractivity contribution in [3.63, 3.8) is 0 Å². The lowest BCUT2D eigenvalue weighted by molar-refractivity contribution is -0.148. The van der Waals surface area contributed by atoms with Crippen LogP contribution in [0, 0.1) is 0 Å². The van der Waals surface area contributed by atoms with Crippen LogP contribution in [0.25, 0.3) is 0 Å². The molecule has 4 heteroatoms. The molecule has 0 spiro atoms. The molecule has 4 nitrogen and oxygen atoms in total. The summed E-state index contributed by atoms with van der Waals surface area (Å²) < 4.78 is 4.36. The van der Waals surface area contributed by atoms with E-state index in [4.69, 9.17) is 0 Å². The van der Waals surface area contributed by atoms with Gasteiger partial charge in [0.2, 0.25) is 11.6 Å². The van der Waals surface area contributed by atoms with Crippen LogP contribution in [-0.2, 0) is 19.1 Å². The predicted molar refractivity (Wildman–Crippen MR) is 41.6 cm³/mol. The van der Waals surface area contributed by atoms with Crippen LogP contribution in [0.2, 0.25) is 0 Å². The van der Waals surface area contributed by atoms with Gasteiger partial charge >= 0.3 is 5.97 Å². The number of ketones is 2. The third-order valence-electron chi connectivity index (χ3n) is 1.19. The first-order valence-corrected chi connectivity index (χ1v) is 3.77. The zero-order valence-electron chi connectivity index (χ0n) is 7.25. The molecule has 0 atom stereocenters. The molecule has 12 heavy (non-hydrogen) atoms. The van der Waals surface area contributed by atoms with Crippen molar-refractivity contribution >= 4 is 17.5 Å². The number of Topliss-reactive ketones (excluding diaryl/α,β-unsaturated/α-hetero) is 2. The number of rotatable bonds is 5. The average Bonchev–Trinajstić information content (AvgIpc) is 2.00. The first-order valence-electron chi connectivity index (χ1n) is 3.77. The van der Waals surface area contributed by atoms with E-state index in [-0.39, 0.29) is 6.42 Å². The molecule has 0 rings (SSSR count). The lowest BCUT2D eigenvalue weighted by atomic mass is 10.2. The monoisotopic (exact) mass is 172 g/mol. The Labute approximate surface area is 70.9 Å². The maximum absolute atomic E-state index is 10.8. The number of carbonyl (C=O) groups excluding carboxylic acids is 3. The van der Waals surface area contributed by atoms with E-state index in [0.717, 1.165) is 0 Å². The van der Waals surface area contributed by atoms with Gasteiger partial charge in [-0.15, -0.1) is 0 Å². The highest BCUT2D eigenvalue weighted by atomic mass is 16.5. The molecule has 0 saturated heterocycles. The molecule has 0 N–H and O–H groups in total. The zero-order valence-corrected chi connectivity index (χ0v) is 7.25. The summed E-state index contributed by atoms with van der Waals surface area (Å²) in [6, 6.07) is 0. The summed E-state index contributed by atoms with van der Waals surface area (Å²) in [5, 5.41) is 0. The average molecular weight is 172 g/mol. The summed E-state index contributed by atoms with van der Waals surface area (Å²) in [6.07, 6.45) is 0.852. The third kappa shape index (κ3) is 4.60. The molecular formula is C8H12O4. The lowest BCUT2D eigenvalue weighted by Crippen LogP contribution is -2.20. The van der Waals surface area contributed by atoms with Crippen molar-refractivity contribution in [1.29, 1.82) is 0 Å². The van der Waals surface area contributed by atoms with E-state index in [2.05, 4.69) is 4.74 Å². The second kappa shape index (κ2) is 5.46. The van der Waals surface area contributed by atoms with Gasteiger partial charge in [0.1, 0.15) is 0 Å². The Morgan fingerprint density at radius 1 is 1.17 bits per heavy atom. The number of esters is 1. The van der Waals surface area contributed by atoms with E-state index in [0.29, 0.717) is 6.42 Å². The van der Waals surface area contributed by atoms with Crippen LogP contribution >= 0.6 is 0 Å². The zero-order chi connectivity index (χ0) is 9.56. The molecule has 0 unspecified atom stereocenters. The van der Waals surface area contributed by atoms with Crippen LogP contribution in [0.5, 0.6) is 0 Å². The van der Waals surface area contributed by atoms with E-state index in [1.54, 1.807) is 6.92 Å². The van der Waals surface area contributed by atoms with E-state index in [9.17, 15) is 14.4 Å². The Morgan fingerprint density at radius 3 is 2.17 bits per heavy atom. The smallest absolute Gasteiger partial charge is 0.303 e. The molecule has 0 aromatic heterocycles. The van der Waals surface area contributed by atoms with Gasteiger partial charge in [0.15, 0.2) is 6.61 Å². The second-order valence-electron chi connectivity index (χ2n) is 2.38. The van der Waals surface area contributed by atoms with Crippen molar-refractivity contribution < 1.29 is 19.1 Å². The van der Waals surface area contributed by atoms with E-state index < -0.39 is 24.1 Å². The van der Waals surface area contributed by atoms with Crippen LogP contribution in [0.1, 0.15) is 26.7 Å². The molecular weight excluding hydrogens is 160 g/mol. The molecule has 0 aromatic carbocycles. The molecule has 0 aliphatic heterocycles. The van der Waals surface area contributed by atoms with E-state index in [1.165, 1.54) is 6.92 Å². The molecule has 0 amide bonds. The van der Waals surface area contributed by atoms with Crippen LogP contribution in [-0.4, -0.2) is 24.1 Å². The fourth-order valence-electron chi connectivity index (χ4n) is 0.614. The quantitative estimate of drug-likeness (QED) is 0.447. The normalized spacial score (nSPS) is 9.17. The van der Waals surface area contributed by atoms with Crippen molar-refractivity contribution in [2.24, 2.45) is 0 Å². The summed E-state index contributed by atoms with van der Waals surface area (Å²) in [5.74, 6) is -1.65. The second-order valence-corrected chi connectivity index (χ2v) is 2.38. The Bertz CT molecular complexity index is 195. The Morgan fingerprint density at radius 2 is 1.75 bits per heavy atom.